The minimum Gasteiger partial charge on any atom is -0.345 e. The van der Waals surface area contributed by atoms with E-state index in [1.165, 1.54) is 12.1 Å². The number of hydrogen-bond acceptors (Lipinski definition) is 2. The molecule has 5 heteroatoms. The van der Waals surface area contributed by atoms with E-state index < -0.39 is 0 Å². The lowest BCUT2D eigenvalue weighted by atomic mass is 10.1. The maximum Gasteiger partial charge on any atom is 0.253 e. The molecule has 1 atom stereocenters. The molecule has 25 heavy (non-hydrogen) atoms. The van der Waals surface area contributed by atoms with Crippen molar-refractivity contribution in [3.8, 4) is 5.69 Å². The standard InChI is InChI=1S/C20H20FN3O/c1-13-11-19(15(3)24(13)18-8-6-17(21)7-9-18)20(25)23-14(2)16-5-4-10-22-12-16/h4-12,14H,1-3H3,(H,23,25). The molecule has 4 nitrogen and oxygen atoms in total. The zero-order valence-corrected chi connectivity index (χ0v) is 14.5. The summed E-state index contributed by atoms with van der Waals surface area (Å²) in [6, 6.07) is 11.7. The number of carbonyl (C=O) groups excluding carboxylic acids is 1. The molecule has 3 aromatic rings. The van der Waals surface area contributed by atoms with Crippen molar-refractivity contribution < 1.29 is 9.18 Å². The monoisotopic (exact) mass is 337 g/mol. The van der Waals surface area contributed by atoms with Crippen molar-refractivity contribution in [2.45, 2.75) is 26.8 Å². The summed E-state index contributed by atoms with van der Waals surface area (Å²) in [5.74, 6) is -0.424. The molecule has 0 fully saturated rings. The van der Waals surface area contributed by atoms with Crippen LogP contribution in [-0.4, -0.2) is 15.5 Å². The van der Waals surface area contributed by atoms with Gasteiger partial charge in [-0.15, -0.1) is 0 Å². The lowest BCUT2D eigenvalue weighted by molar-refractivity contribution is 0.0939. The normalized spacial score (nSPS) is 12.0. The Morgan fingerprint density at radius 1 is 1.20 bits per heavy atom. The van der Waals surface area contributed by atoms with Gasteiger partial charge in [-0.05, 0) is 62.7 Å². The quantitative estimate of drug-likeness (QED) is 0.778. The molecule has 0 saturated carbocycles. The first kappa shape index (κ1) is 16.9. The van der Waals surface area contributed by atoms with Gasteiger partial charge in [0.2, 0.25) is 0 Å². The van der Waals surface area contributed by atoms with Crippen LogP contribution in [-0.2, 0) is 0 Å². The van der Waals surface area contributed by atoms with Crippen LogP contribution in [0, 0.1) is 19.7 Å². The largest absolute Gasteiger partial charge is 0.345 e. The number of carbonyl (C=O) groups is 1. The molecular weight excluding hydrogens is 317 g/mol. The maximum atomic E-state index is 13.2. The summed E-state index contributed by atoms with van der Waals surface area (Å²) >= 11 is 0. The highest BCUT2D eigenvalue weighted by molar-refractivity contribution is 5.96. The number of benzene rings is 1. The number of pyridine rings is 1. The second-order valence-corrected chi connectivity index (χ2v) is 6.08. The fourth-order valence-corrected chi connectivity index (χ4v) is 2.97. The molecule has 0 aliphatic heterocycles. The van der Waals surface area contributed by atoms with Crippen LogP contribution in [0.4, 0.5) is 4.39 Å². The Kier molecular flexibility index (Phi) is 4.65. The minimum absolute atomic E-state index is 0.141. The van der Waals surface area contributed by atoms with Gasteiger partial charge in [0.25, 0.3) is 5.91 Å². The molecule has 3 rings (SSSR count). The lowest BCUT2D eigenvalue weighted by Gasteiger charge is -2.14. The van der Waals surface area contributed by atoms with E-state index in [0.717, 1.165) is 22.6 Å². The van der Waals surface area contributed by atoms with Gasteiger partial charge in [0, 0.05) is 29.5 Å². The van der Waals surface area contributed by atoms with Gasteiger partial charge in [-0.1, -0.05) is 6.07 Å². The van der Waals surface area contributed by atoms with Crippen molar-refractivity contribution >= 4 is 5.91 Å². The van der Waals surface area contributed by atoms with Crippen LogP contribution >= 0.6 is 0 Å². The van der Waals surface area contributed by atoms with Gasteiger partial charge in [0.15, 0.2) is 0 Å². The van der Waals surface area contributed by atoms with Crippen LogP contribution in [0.25, 0.3) is 5.69 Å². The van der Waals surface area contributed by atoms with E-state index in [1.807, 2.05) is 43.5 Å². The Morgan fingerprint density at radius 2 is 1.92 bits per heavy atom. The molecule has 0 spiro atoms. The van der Waals surface area contributed by atoms with E-state index in [4.69, 9.17) is 0 Å². The number of rotatable bonds is 4. The van der Waals surface area contributed by atoms with Crippen molar-refractivity contribution in [3.05, 3.63) is 83.2 Å². The van der Waals surface area contributed by atoms with E-state index in [0.29, 0.717) is 5.56 Å². The number of aromatic nitrogens is 2. The van der Waals surface area contributed by atoms with Gasteiger partial charge in [-0.2, -0.15) is 0 Å². The number of amides is 1. The number of aryl methyl sites for hydroxylation is 1. The Hall–Kier alpha value is -2.95. The molecule has 1 aromatic carbocycles. The second kappa shape index (κ2) is 6.89. The van der Waals surface area contributed by atoms with Crippen molar-refractivity contribution in [2.24, 2.45) is 0 Å². The van der Waals surface area contributed by atoms with Crippen LogP contribution in [0.15, 0.2) is 54.9 Å². The van der Waals surface area contributed by atoms with Crippen LogP contribution in [0.3, 0.4) is 0 Å². The molecule has 1 unspecified atom stereocenters. The van der Waals surface area contributed by atoms with Crippen molar-refractivity contribution in [1.82, 2.24) is 14.9 Å². The number of nitrogens with one attached hydrogen (secondary N) is 1. The van der Waals surface area contributed by atoms with Gasteiger partial charge in [-0.25, -0.2) is 4.39 Å². The zero-order valence-electron chi connectivity index (χ0n) is 14.5. The van der Waals surface area contributed by atoms with Gasteiger partial charge < -0.3 is 9.88 Å². The molecule has 2 heterocycles. The molecule has 0 saturated heterocycles. The first-order chi connectivity index (χ1) is 12.0. The average molecular weight is 337 g/mol. The number of nitrogens with zero attached hydrogens (tertiary/aromatic N) is 2. The van der Waals surface area contributed by atoms with Crippen molar-refractivity contribution in [3.63, 3.8) is 0 Å². The Morgan fingerprint density at radius 3 is 2.56 bits per heavy atom. The molecule has 1 N–H and O–H groups in total. The molecule has 0 aliphatic carbocycles. The predicted octanol–water partition coefficient (Wildman–Crippen LogP) is 4.12. The third kappa shape index (κ3) is 3.45. The van der Waals surface area contributed by atoms with Gasteiger partial charge in [-0.3, -0.25) is 9.78 Å². The molecular formula is C20H20FN3O. The van der Waals surface area contributed by atoms with Gasteiger partial charge in [0.05, 0.1) is 11.6 Å². The molecule has 0 radical (unpaired) electrons. The van der Waals surface area contributed by atoms with E-state index in [9.17, 15) is 9.18 Å². The summed E-state index contributed by atoms with van der Waals surface area (Å²) in [4.78, 5) is 16.8. The second-order valence-electron chi connectivity index (χ2n) is 6.08. The first-order valence-electron chi connectivity index (χ1n) is 8.13. The van der Waals surface area contributed by atoms with E-state index in [1.54, 1.807) is 24.5 Å². The van der Waals surface area contributed by atoms with E-state index in [-0.39, 0.29) is 17.8 Å². The first-order valence-corrected chi connectivity index (χ1v) is 8.13. The molecule has 128 valence electrons. The van der Waals surface area contributed by atoms with E-state index >= 15 is 0 Å². The van der Waals surface area contributed by atoms with E-state index in [2.05, 4.69) is 10.3 Å². The predicted molar refractivity (Wildman–Crippen MR) is 95.3 cm³/mol. The highest BCUT2D eigenvalue weighted by Gasteiger charge is 2.18. The summed E-state index contributed by atoms with van der Waals surface area (Å²) in [6.07, 6.45) is 3.45. The van der Waals surface area contributed by atoms with Gasteiger partial charge in [0.1, 0.15) is 5.82 Å². The van der Waals surface area contributed by atoms with Crippen LogP contribution in [0.2, 0.25) is 0 Å². The molecule has 1 amide bonds. The van der Waals surface area contributed by atoms with Crippen molar-refractivity contribution in [1.29, 1.82) is 0 Å². The Balaban J connectivity index is 1.87. The van der Waals surface area contributed by atoms with Crippen LogP contribution in [0.5, 0.6) is 0 Å². The highest BCUT2D eigenvalue weighted by Crippen LogP contribution is 2.22. The maximum absolute atomic E-state index is 13.2. The lowest BCUT2D eigenvalue weighted by Crippen LogP contribution is -2.27. The van der Waals surface area contributed by atoms with Crippen LogP contribution < -0.4 is 5.32 Å². The third-order valence-electron chi connectivity index (χ3n) is 4.29. The summed E-state index contributed by atoms with van der Waals surface area (Å²) in [6.45, 7) is 5.74. The smallest absolute Gasteiger partial charge is 0.253 e. The SMILES string of the molecule is Cc1cc(C(=O)NC(C)c2cccnc2)c(C)n1-c1ccc(F)cc1. The third-order valence-corrected chi connectivity index (χ3v) is 4.29. The molecule has 0 bridgehead atoms. The average Bonchev–Trinajstić information content (AvgIpc) is 2.91. The minimum atomic E-state index is -0.283. The summed E-state index contributed by atoms with van der Waals surface area (Å²) in [7, 11) is 0. The van der Waals surface area contributed by atoms with Gasteiger partial charge >= 0.3 is 0 Å². The van der Waals surface area contributed by atoms with Crippen molar-refractivity contribution in [2.75, 3.05) is 0 Å². The highest BCUT2D eigenvalue weighted by atomic mass is 19.1. The Bertz CT molecular complexity index is 885. The fourth-order valence-electron chi connectivity index (χ4n) is 2.97. The van der Waals surface area contributed by atoms with Crippen LogP contribution in [0.1, 0.15) is 40.3 Å². The number of hydrogen-bond donors (Lipinski definition) is 1. The topological polar surface area (TPSA) is 46.9 Å². The molecule has 2 aromatic heterocycles. The Labute approximate surface area is 146 Å². The summed E-state index contributed by atoms with van der Waals surface area (Å²) in [5, 5.41) is 3.00. The summed E-state index contributed by atoms with van der Waals surface area (Å²) < 4.78 is 15.1. The fraction of sp³-hybridized carbons (Fsp3) is 0.200. The number of halogens is 1. The molecule has 0 aliphatic rings. The zero-order chi connectivity index (χ0) is 18.0. The summed E-state index contributed by atoms with van der Waals surface area (Å²) in [5.41, 5.74) is 4.12.